The monoisotopic (exact) mass is 312 g/mol. The van der Waals surface area contributed by atoms with Crippen LogP contribution in [0.4, 0.5) is 10.1 Å². The van der Waals surface area contributed by atoms with Crippen molar-refractivity contribution in [1.29, 1.82) is 5.26 Å². The Morgan fingerprint density at radius 3 is 2.78 bits per heavy atom. The molecule has 4 nitrogen and oxygen atoms in total. The molecular weight excluding hydrogens is 303 g/mol. The van der Waals surface area contributed by atoms with Crippen LogP contribution in [-0.2, 0) is 4.79 Å². The molecule has 1 N–H and O–H groups in total. The van der Waals surface area contributed by atoms with Gasteiger partial charge in [-0.3, -0.25) is 4.79 Å². The minimum atomic E-state index is -0.998. The lowest BCUT2D eigenvalue weighted by molar-refractivity contribution is -0.135. The van der Waals surface area contributed by atoms with Crippen LogP contribution in [0.3, 0.4) is 0 Å². The van der Waals surface area contributed by atoms with Gasteiger partial charge in [-0.25, -0.2) is 4.39 Å². The number of rotatable bonds is 4. The van der Waals surface area contributed by atoms with Gasteiger partial charge in [-0.1, -0.05) is 0 Å². The van der Waals surface area contributed by atoms with Crippen molar-refractivity contribution in [1.82, 2.24) is 0 Å². The number of carboxylic acids is 1. The summed E-state index contributed by atoms with van der Waals surface area (Å²) in [6, 6.07) is 4.89. The Labute approximate surface area is 112 Å². The van der Waals surface area contributed by atoms with E-state index in [1.54, 1.807) is 0 Å². The molecule has 0 amide bonds. The molecule has 0 spiro atoms. The SMILES string of the molecule is N#Cc1ccc(N(CC(=O)O)C2CC2)c(F)c1Br. The highest BCUT2D eigenvalue weighted by Crippen LogP contribution is 2.36. The number of hydrogen-bond donors (Lipinski definition) is 1. The third-order valence-electron chi connectivity index (χ3n) is 2.79. The van der Waals surface area contributed by atoms with Crippen LogP contribution in [0.1, 0.15) is 18.4 Å². The van der Waals surface area contributed by atoms with Crippen LogP contribution in [0, 0.1) is 17.1 Å². The van der Waals surface area contributed by atoms with E-state index in [-0.39, 0.29) is 28.3 Å². The van der Waals surface area contributed by atoms with Gasteiger partial charge in [-0.05, 0) is 40.9 Å². The van der Waals surface area contributed by atoms with Crippen LogP contribution in [0.15, 0.2) is 16.6 Å². The highest BCUT2D eigenvalue weighted by Gasteiger charge is 2.32. The topological polar surface area (TPSA) is 64.3 Å². The second-order valence-corrected chi connectivity index (χ2v) is 4.92. The Hall–Kier alpha value is -1.61. The van der Waals surface area contributed by atoms with E-state index in [0.717, 1.165) is 12.8 Å². The molecule has 1 fully saturated rings. The number of nitrogens with zero attached hydrogens (tertiary/aromatic N) is 2. The zero-order chi connectivity index (χ0) is 13.3. The van der Waals surface area contributed by atoms with Crippen molar-refractivity contribution >= 4 is 27.6 Å². The lowest BCUT2D eigenvalue weighted by Crippen LogP contribution is -2.32. The van der Waals surface area contributed by atoms with Gasteiger partial charge in [0.05, 0.1) is 15.7 Å². The molecule has 1 aromatic carbocycles. The molecule has 6 heteroatoms. The molecule has 0 unspecified atom stereocenters. The van der Waals surface area contributed by atoms with Crippen molar-refractivity contribution < 1.29 is 14.3 Å². The van der Waals surface area contributed by atoms with Crippen LogP contribution in [0.2, 0.25) is 0 Å². The predicted octanol–water partition coefficient (Wildman–Crippen LogP) is 2.51. The minimum Gasteiger partial charge on any atom is -0.480 e. The van der Waals surface area contributed by atoms with E-state index >= 15 is 0 Å². The first-order valence-corrected chi connectivity index (χ1v) is 6.20. The summed E-state index contributed by atoms with van der Waals surface area (Å²) in [7, 11) is 0. The first kappa shape index (κ1) is 12.8. The van der Waals surface area contributed by atoms with Gasteiger partial charge >= 0.3 is 5.97 Å². The maximum absolute atomic E-state index is 14.1. The maximum Gasteiger partial charge on any atom is 0.323 e. The van der Waals surface area contributed by atoms with Crippen molar-refractivity contribution in [2.45, 2.75) is 18.9 Å². The smallest absolute Gasteiger partial charge is 0.323 e. The van der Waals surface area contributed by atoms with Crippen molar-refractivity contribution in [3.63, 3.8) is 0 Å². The third kappa shape index (κ3) is 2.46. The molecule has 1 saturated carbocycles. The summed E-state index contributed by atoms with van der Waals surface area (Å²) in [4.78, 5) is 12.3. The second-order valence-electron chi connectivity index (χ2n) is 4.12. The fourth-order valence-corrected chi connectivity index (χ4v) is 2.21. The molecule has 0 saturated heterocycles. The van der Waals surface area contributed by atoms with E-state index in [0.29, 0.717) is 0 Å². The van der Waals surface area contributed by atoms with Crippen LogP contribution in [0.5, 0.6) is 0 Å². The van der Waals surface area contributed by atoms with Gasteiger partial charge in [-0.2, -0.15) is 5.26 Å². The Kier molecular flexibility index (Phi) is 3.53. The Morgan fingerprint density at radius 2 is 2.28 bits per heavy atom. The lowest BCUT2D eigenvalue weighted by Gasteiger charge is -2.23. The van der Waals surface area contributed by atoms with Crippen LogP contribution in [0.25, 0.3) is 0 Å². The predicted molar refractivity (Wildman–Crippen MR) is 66.8 cm³/mol. The molecule has 0 atom stereocenters. The summed E-state index contributed by atoms with van der Waals surface area (Å²) in [6.45, 7) is -0.236. The molecule has 1 aliphatic rings. The van der Waals surface area contributed by atoms with Gasteiger partial charge in [0.1, 0.15) is 12.6 Å². The van der Waals surface area contributed by atoms with Crippen molar-refractivity contribution in [3.8, 4) is 6.07 Å². The second kappa shape index (κ2) is 4.94. The minimum absolute atomic E-state index is 0.0791. The molecule has 2 rings (SSSR count). The normalized spacial score (nSPS) is 14.1. The average molecular weight is 313 g/mol. The van der Waals surface area contributed by atoms with Crippen LogP contribution in [-0.4, -0.2) is 23.7 Å². The fourth-order valence-electron chi connectivity index (χ4n) is 1.79. The zero-order valence-corrected chi connectivity index (χ0v) is 10.9. The molecule has 1 aliphatic carbocycles. The number of benzene rings is 1. The summed E-state index contributed by atoms with van der Waals surface area (Å²) in [5, 5.41) is 17.6. The summed E-state index contributed by atoms with van der Waals surface area (Å²) in [5.74, 6) is -1.58. The quantitative estimate of drug-likeness (QED) is 0.927. The Bertz CT molecular complexity index is 538. The summed E-state index contributed by atoms with van der Waals surface area (Å²) in [5.41, 5.74) is 0.424. The molecule has 1 aromatic rings. The Morgan fingerprint density at radius 1 is 1.61 bits per heavy atom. The number of halogens is 2. The molecule has 0 heterocycles. The first-order valence-electron chi connectivity index (χ1n) is 5.41. The third-order valence-corrected chi connectivity index (χ3v) is 3.56. The summed E-state index contributed by atoms with van der Waals surface area (Å²) >= 11 is 3.02. The molecule has 0 aromatic heterocycles. The van der Waals surface area contributed by atoms with Crippen LogP contribution < -0.4 is 4.90 Å². The number of carbonyl (C=O) groups is 1. The molecule has 0 aliphatic heterocycles. The molecule has 18 heavy (non-hydrogen) atoms. The van der Waals surface area contributed by atoms with E-state index in [1.165, 1.54) is 17.0 Å². The van der Waals surface area contributed by atoms with Gasteiger partial charge in [0.25, 0.3) is 0 Å². The van der Waals surface area contributed by atoms with E-state index in [2.05, 4.69) is 15.9 Å². The largest absolute Gasteiger partial charge is 0.480 e. The van der Waals surface area contributed by atoms with Crippen molar-refractivity contribution in [2.75, 3.05) is 11.4 Å². The highest BCUT2D eigenvalue weighted by molar-refractivity contribution is 9.10. The van der Waals surface area contributed by atoms with Crippen LogP contribution >= 0.6 is 15.9 Å². The molecule has 0 bridgehead atoms. The van der Waals surface area contributed by atoms with Crippen molar-refractivity contribution in [3.05, 3.63) is 28.0 Å². The van der Waals surface area contributed by atoms with Gasteiger partial charge in [0.2, 0.25) is 0 Å². The number of aliphatic carboxylic acids is 1. The standard InChI is InChI=1S/C12H10BrFN2O2/c13-11-7(5-15)1-4-9(12(11)14)16(6-10(17)18)8-2-3-8/h1,4,8H,2-3,6H2,(H,17,18). The fraction of sp³-hybridized carbons (Fsp3) is 0.333. The van der Waals surface area contributed by atoms with E-state index < -0.39 is 11.8 Å². The van der Waals surface area contributed by atoms with E-state index in [1.807, 2.05) is 6.07 Å². The van der Waals surface area contributed by atoms with E-state index in [9.17, 15) is 9.18 Å². The average Bonchev–Trinajstić information content (AvgIpc) is 3.14. The zero-order valence-electron chi connectivity index (χ0n) is 9.36. The maximum atomic E-state index is 14.1. The molecule has 94 valence electrons. The van der Waals surface area contributed by atoms with E-state index in [4.69, 9.17) is 10.4 Å². The number of anilines is 1. The van der Waals surface area contributed by atoms with Gasteiger partial charge < -0.3 is 10.0 Å². The molecular formula is C12H10BrFN2O2. The number of hydrogen-bond acceptors (Lipinski definition) is 3. The number of nitriles is 1. The van der Waals surface area contributed by atoms with Gasteiger partial charge in [0.15, 0.2) is 5.82 Å². The molecule has 0 radical (unpaired) electrons. The number of carboxylic acid groups (broad SMARTS) is 1. The lowest BCUT2D eigenvalue weighted by atomic mass is 10.2. The summed E-state index contributed by atoms with van der Waals surface area (Å²) < 4.78 is 14.2. The van der Waals surface area contributed by atoms with Gasteiger partial charge in [0, 0.05) is 6.04 Å². The Balaban J connectivity index is 2.39. The first-order chi connectivity index (χ1) is 8.54. The van der Waals surface area contributed by atoms with Gasteiger partial charge in [-0.15, -0.1) is 0 Å². The summed E-state index contributed by atoms with van der Waals surface area (Å²) in [6.07, 6.45) is 1.73. The highest BCUT2D eigenvalue weighted by atomic mass is 79.9. The van der Waals surface area contributed by atoms with Crippen molar-refractivity contribution in [2.24, 2.45) is 0 Å².